The quantitative estimate of drug-likeness (QED) is 0.479. The first kappa shape index (κ1) is 20.2. The molecule has 0 unspecified atom stereocenters. The standard InChI is InChI=1S/C24H19NO2.CH4O/c1-16(26)21-15-23(25-22-9-5-3-8-20(21)22)18-13-11-17(12-14-18)19-7-4-6-10-24(19)27-2;1-2/h3-15H,1-2H3;2H,1H3. The summed E-state index contributed by atoms with van der Waals surface area (Å²) in [6.07, 6.45) is 0. The van der Waals surface area contributed by atoms with Crippen molar-refractivity contribution in [3.05, 3.63) is 84.4 Å². The van der Waals surface area contributed by atoms with Gasteiger partial charge in [0, 0.05) is 29.2 Å². The first-order valence-corrected chi connectivity index (χ1v) is 9.26. The summed E-state index contributed by atoms with van der Waals surface area (Å²) in [6.45, 7) is 1.59. The molecule has 0 amide bonds. The molecule has 4 nitrogen and oxygen atoms in total. The van der Waals surface area contributed by atoms with Crippen LogP contribution >= 0.6 is 0 Å². The van der Waals surface area contributed by atoms with E-state index in [1.54, 1.807) is 14.0 Å². The van der Waals surface area contributed by atoms with Gasteiger partial charge >= 0.3 is 0 Å². The summed E-state index contributed by atoms with van der Waals surface area (Å²) in [5, 5.41) is 7.89. The monoisotopic (exact) mass is 385 g/mol. The van der Waals surface area contributed by atoms with Crippen molar-refractivity contribution in [3.8, 4) is 28.1 Å². The lowest BCUT2D eigenvalue weighted by molar-refractivity contribution is 0.101. The molecule has 0 atom stereocenters. The third-order valence-corrected chi connectivity index (χ3v) is 4.69. The fraction of sp³-hybridized carbons (Fsp3) is 0.120. The number of aliphatic hydroxyl groups excluding tert-OH is 1. The normalized spacial score (nSPS) is 10.2. The fourth-order valence-electron chi connectivity index (χ4n) is 3.32. The number of nitrogens with zero attached hydrogens (tertiary/aromatic N) is 1. The van der Waals surface area contributed by atoms with Crippen LogP contribution in [-0.4, -0.2) is 30.1 Å². The molecular weight excluding hydrogens is 362 g/mol. The summed E-state index contributed by atoms with van der Waals surface area (Å²) in [6, 6.07) is 25.7. The van der Waals surface area contributed by atoms with Crippen LogP contribution in [0.25, 0.3) is 33.3 Å². The Morgan fingerprint density at radius 2 is 1.48 bits per heavy atom. The van der Waals surface area contributed by atoms with E-state index in [9.17, 15) is 4.79 Å². The van der Waals surface area contributed by atoms with Crippen LogP contribution in [0.15, 0.2) is 78.9 Å². The van der Waals surface area contributed by atoms with Gasteiger partial charge in [0.05, 0.1) is 18.3 Å². The maximum absolute atomic E-state index is 12.1. The van der Waals surface area contributed by atoms with E-state index >= 15 is 0 Å². The third-order valence-electron chi connectivity index (χ3n) is 4.69. The minimum atomic E-state index is 0.0421. The number of aliphatic hydroxyl groups is 1. The van der Waals surface area contributed by atoms with Gasteiger partial charge in [-0.05, 0) is 30.7 Å². The zero-order valence-corrected chi connectivity index (χ0v) is 16.7. The highest BCUT2D eigenvalue weighted by atomic mass is 16.5. The van der Waals surface area contributed by atoms with E-state index in [-0.39, 0.29) is 5.78 Å². The topological polar surface area (TPSA) is 59.4 Å². The molecule has 0 spiro atoms. The molecule has 0 radical (unpaired) electrons. The highest BCUT2D eigenvalue weighted by molar-refractivity contribution is 6.07. The average Bonchev–Trinajstić information content (AvgIpc) is 2.79. The zero-order chi connectivity index (χ0) is 20.8. The van der Waals surface area contributed by atoms with Crippen molar-refractivity contribution >= 4 is 16.7 Å². The van der Waals surface area contributed by atoms with Gasteiger partial charge in [0.25, 0.3) is 0 Å². The minimum absolute atomic E-state index is 0.0421. The first-order valence-electron chi connectivity index (χ1n) is 9.26. The van der Waals surface area contributed by atoms with E-state index in [0.29, 0.717) is 5.56 Å². The van der Waals surface area contributed by atoms with Crippen LogP contribution in [0.4, 0.5) is 0 Å². The number of hydrogen-bond acceptors (Lipinski definition) is 4. The van der Waals surface area contributed by atoms with Crippen LogP contribution in [0.3, 0.4) is 0 Å². The SMILES string of the molecule is CO.COc1ccccc1-c1ccc(-c2cc(C(C)=O)c3ccccc3n2)cc1. The number of methoxy groups -OCH3 is 1. The molecule has 1 aromatic heterocycles. The van der Waals surface area contributed by atoms with E-state index in [0.717, 1.165) is 46.1 Å². The minimum Gasteiger partial charge on any atom is -0.496 e. The number of aromatic nitrogens is 1. The van der Waals surface area contributed by atoms with Crippen molar-refractivity contribution in [1.82, 2.24) is 4.98 Å². The molecule has 0 saturated carbocycles. The summed E-state index contributed by atoms with van der Waals surface area (Å²) in [5.74, 6) is 0.883. The van der Waals surface area contributed by atoms with Crippen LogP contribution in [0.5, 0.6) is 5.75 Å². The van der Waals surface area contributed by atoms with Gasteiger partial charge in [-0.25, -0.2) is 4.98 Å². The van der Waals surface area contributed by atoms with Crippen LogP contribution < -0.4 is 4.74 Å². The molecule has 4 rings (SSSR count). The predicted molar refractivity (Wildman–Crippen MR) is 117 cm³/mol. The lowest BCUT2D eigenvalue weighted by Gasteiger charge is -2.10. The van der Waals surface area contributed by atoms with E-state index in [1.165, 1.54) is 0 Å². The first-order chi connectivity index (χ1) is 14.2. The van der Waals surface area contributed by atoms with Gasteiger partial charge in [-0.15, -0.1) is 0 Å². The third kappa shape index (κ3) is 4.18. The number of ether oxygens (including phenoxy) is 1. The lowest BCUT2D eigenvalue weighted by atomic mass is 9.99. The Labute approximate surface area is 170 Å². The predicted octanol–water partition coefficient (Wildman–Crippen LogP) is 5.39. The number of hydrogen-bond donors (Lipinski definition) is 1. The van der Waals surface area contributed by atoms with E-state index in [4.69, 9.17) is 14.8 Å². The molecule has 0 saturated heterocycles. The van der Waals surface area contributed by atoms with Crippen molar-refractivity contribution in [3.63, 3.8) is 0 Å². The molecule has 4 aromatic rings. The van der Waals surface area contributed by atoms with Crippen LogP contribution in [0.2, 0.25) is 0 Å². The summed E-state index contributed by atoms with van der Waals surface area (Å²) >= 11 is 0. The molecular formula is C25H23NO3. The number of para-hydroxylation sites is 2. The second kappa shape index (κ2) is 9.13. The Hall–Kier alpha value is -3.50. The van der Waals surface area contributed by atoms with Crippen molar-refractivity contribution < 1.29 is 14.6 Å². The smallest absolute Gasteiger partial charge is 0.160 e. The van der Waals surface area contributed by atoms with Crippen molar-refractivity contribution in [2.24, 2.45) is 0 Å². The number of Topliss-reactive ketones (excluding diaryl/α,β-unsaturated/α-hetero) is 1. The molecule has 3 aromatic carbocycles. The number of ketones is 1. The molecule has 0 bridgehead atoms. The Bertz CT molecular complexity index is 1130. The molecule has 0 aliphatic rings. The van der Waals surface area contributed by atoms with Gasteiger partial charge in [0.15, 0.2) is 5.78 Å². The van der Waals surface area contributed by atoms with Crippen LogP contribution in [-0.2, 0) is 0 Å². The average molecular weight is 385 g/mol. The number of carbonyl (C=O) groups is 1. The summed E-state index contributed by atoms with van der Waals surface area (Å²) in [7, 11) is 2.68. The number of pyridine rings is 1. The number of rotatable bonds is 4. The van der Waals surface area contributed by atoms with Crippen molar-refractivity contribution in [1.29, 1.82) is 0 Å². The molecule has 1 heterocycles. The summed E-state index contributed by atoms with van der Waals surface area (Å²) < 4.78 is 5.46. The van der Waals surface area contributed by atoms with E-state index in [2.05, 4.69) is 12.1 Å². The van der Waals surface area contributed by atoms with Crippen molar-refractivity contribution in [2.45, 2.75) is 6.92 Å². The van der Waals surface area contributed by atoms with Gasteiger partial charge in [0.1, 0.15) is 5.75 Å². The Morgan fingerprint density at radius 1 is 0.862 bits per heavy atom. The van der Waals surface area contributed by atoms with Gasteiger partial charge in [-0.2, -0.15) is 0 Å². The molecule has 0 fully saturated rings. The van der Waals surface area contributed by atoms with Crippen LogP contribution in [0.1, 0.15) is 17.3 Å². The number of benzene rings is 3. The largest absolute Gasteiger partial charge is 0.496 e. The molecule has 146 valence electrons. The van der Waals surface area contributed by atoms with Crippen molar-refractivity contribution in [2.75, 3.05) is 14.2 Å². The van der Waals surface area contributed by atoms with Gasteiger partial charge in [0.2, 0.25) is 0 Å². The second-order valence-corrected chi connectivity index (χ2v) is 6.41. The van der Waals surface area contributed by atoms with E-state index in [1.807, 2.05) is 66.7 Å². The van der Waals surface area contributed by atoms with Gasteiger partial charge in [-0.3, -0.25) is 4.79 Å². The van der Waals surface area contributed by atoms with E-state index < -0.39 is 0 Å². The summed E-state index contributed by atoms with van der Waals surface area (Å²) in [4.78, 5) is 16.9. The Morgan fingerprint density at radius 3 is 2.17 bits per heavy atom. The highest BCUT2D eigenvalue weighted by Crippen LogP contribution is 2.32. The molecule has 4 heteroatoms. The molecule has 0 aliphatic heterocycles. The van der Waals surface area contributed by atoms with Crippen LogP contribution in [0, 0.1) is 0 Å². The lowest BCUT2D eigenvalue weighted by Crippen LogP contribution is -1.97. The zero-order valence-electron chi connectivity index (χ0n) is 16.7. The second-order valence-electron chi connectivity index (χ2n) is 6.41. The molecule has 1 N–H and O–H groups in total. The van der Waals surface area contributed by atoms with Gasteiger partial charge < -0.3 is 9.84 Å². The Kier molecular flexibility index (Phi) is 6.37. The molecule has 29 heavy (non-hydrogen) atoms. The maximum atomic E-state index is 12.1. The van der Waals surface area contributed by atoms with Gasteiger partial charge in [-0.1, -0.05) is 60.7 Å². The number of carbonyl (C=O) groups excluding carboxylic acids is 1. The number of fused-ring (bicyclic) bond motifs is 1. The molecule has 0 aliphatic carbocycles. The Balaban J connectivity index is 0.00000117. The maximum Gasteiger partial charge on any atom is 0.160 e. The fourth-order valence-corrected chi connectivity index (χ4v) is 3.32. The highest BCUT2D eigenvalue weighted by Gasteiger charge is 2.11. The summed E-state index contributed by atoms with van der Waals surface area (Å²) in [5.41, 5.74) is 5.41.